The molecule has 0 aliphatic rings. The van der Waals surface area contributed by atoms with Gasteiger partial charge in [0.25, 0.3) is 11.6 Å². The fourth-order valence-electron chi connectivity index (χ4n) is 3.33. The summed E-state index contributed by atoms with van der Waals surface area (Å²) in [6.45, 7) is 4.17. The van der Waals surface area contributed by atoms with Crippen molar-refractivity contribution in [2.24, 2.45) is 0 Å². The van der Waals surface area contributed by atoms with Gasteiger partial charge in [0.05, 0.1) is 16.6 Å². The minimum absolute atomic E-state index is 0.0271. The van der Waals surface area contributed by atoms with E-state index in [4.69, 9.17) is 21.1 Å². The number of anilines is 1. The molecular formula is C27H24ClN3O5. The number of nitro benzene ring substituents is 1. The first-order valence-electron chi connectivity index (χ1n) is 11.2. The molecule has 0 radical (unpaired) electrons. The van der Waals surface area contributed by atoms with E-state index in [2.05, 4.69) is 5.32 Å². The van der Waals surface area contributed by atoms with Crippen LogP contribution in [0.25, 0.3) is 6.08 Å². The smallest absolute Gasteiger partial charge is 0.269 e. The Morgan fingerprint density at radius 1 is 1.11 bits per heavy atom. The Kier molecular flexibility index (Phi) is 9.03. The molecule has 3 aromatic rings. The maximum atomic E-state index is 12.7. The molecule has 0 atom stereocenters. The summed E-state index contributed by atoms with van der Waals surface area (Å²) >= 11 is 6.46. The number of nitro groups is 1. The molecule has 0 unspecified atom stereocenters. The van der Waals surface area contributed by atoms with Crippen molar-refractivity contribution in [3.63, 3.8) is 0 Å². The molecule has 0 aliphatic carbocycles. The van der Waals surface area contributed by atoms with E-state index in [-0.39, 0.29) is 28.6 Å². The van der Waals surface area contributed by atoms with Gasteiger partial charge in [-0.3, -0.25) is 14.9 Å². The van der Waals surface area contributed by atoms with Gasteiger partial charge in [-0.2, -0.15) is 5.26 Å². The molecule has 8 nitrogen and oxygen atoms in total. The second kappa shape index (κ2) is 12.4. The van der Waals surface area contributed by atoms with E-state index in [0.29, 0.717) is 29.2 Å². The zero-order chi connectivity index (χ0) is 26.1. The molecule has 9 heteroatoms. The lowest BCUT2D eigenvalue weighted by molar-refractivity contribution is -0.384. The minimum atomic E-state index is -0.554. The third kappa shape index (κ3) is 6.84. The molecule has 36 heavy (non-hydrogen) atoms. The first-order valence-corrected chi connectivity index (χ1v) is 11.6. The SMILES string of the molecule is CCOc1cc(/C=C(\C#N)C(=O)Nc2ccc(CC)cc2)cc(Cl)c1OCc1cccc([N+](=O)[O-])c1. The summed E-state index contributed by atoms with van der Waals surface area (Å²) in [5.74, 6) is 0.0116. The van der Waals surface area contributed by atoms with Crippen molar-refractivity contribution in [3.8, 4) is 17.6 Å². The van der Waals surface area contributed by atoms with E-state index >= 15 is 0 Å². The lowest BCUT2D eigenvalue weighted by Crippen LogP contribution is -2.13. The van der Waals surface area contributed by atoms with Crippen LogP contribution in [-0.4, -0.2) is 17.4 Å². The molecule has 0 aromatic heterocycles. The Labute approximate surface area is 213 Å². The molecule has 0 bridgehead atoms. The van der Waals surface area contributed by atoms with Crippen molar-refractivity contribution in [2.45, 2.75) is 26.9 Å². The first kappa shape index (κ1) is 26.3. The van der Waals surface area contributed by atoms with Crippen LogP contribution in [-0.2, 0) is 17.8 Å². The number of hydrogen-bond donors (Lipinski definition) is 1. The number of amides is 1. The third-order valence-electron chi connectivity index (χ3n) is 5.13. The van der Waals surface area contributed by atoms with Gasteiger partial charge in [-0.1, -0.05) is 42.8 Å². The second-order valence-electron chi connectivity index (χ2n) is 7.65. The van der Waals surface area contributed by atoms with Crippen LogP contribution >= 0.6 is 11.6 Å². The Morgan fingerprint density at radius 2 is 1.86 bits per heavy atom. The van der Waals surface area contributed by atoms with Crippen LogP contribution in [0.3, 0.4) is 0 Å². The van der Waals surface area contributed by atoms with E-state index in [1.807, 2.05) is 25.1 Å². The Bertz CT molecular complexity index is 1330. The predicted molar refractivity (Wildman–Crippen MR) is 138 cm³/mol. The van der Waals surface area contributed by atoms with Crippen molar-refractivity contribution < 1.29 is 19.2 Å². The monoisotopic (exact) mass is 505 g/mol. The van der Waals surface area contributed by atoms with Gasteiger partial charge in [-0.05, 0) is 60.4 Å². The number of halogens is 1. The minimum Gasteiger partial charge on any atom is -0.490 e. The van der Waals surface area contributed by atoms with E-state index < -0.39 is 10.8 Å². The van der Waals surface area contributed by atoms with Gasteiger partial charge in [-0.25, -0.2) is 0 Å². The van der Waals surface area contributed by atoms with Crippen LogP contribution in [0.1, 0.15) is 30.5 Å². The molecule has 3 rings (SSSR count). The number of rotatable bonds is 10. The highest BCUT2D eigenvalue weighted by Gasteiger charge is 2.16. The number of nitrogens with one attached hydrogen (secondary N) is 1. The maximum Gasteiger partial charge on any atom is 0.269 e. The highest BCUT2D eigenvalue weighted by Crippen LogP contribution is 2.38. The number of non-ortho nitro benzene ring substituents is 1. The van der Waals surface area contributed by atoms with Crippen molar-refractivity contribution in [1.82, 2.24) is 0 Å². The Morgan fingerprint density at radius 3 is 2.50 bits per heavy atom. The van der Waals surface area contributed by atoms with E-state index in [0.717, 1.165) is 12.0 Å². The lowest BCUT2D eigenvalue weighted by Gasteiger charge is -2.15. The standard InChI is InChI=1S/C27H24ClN3O5/c1-3-18-8-10-22(11-9-18)30-27(32)21(16-29)12-20-14-24(28)26(25(15-20)35-4-2)36-17-19-6-5-7-23(13-19)31(33)34/h5-15H,3-4,17H2,1-2H3,(H,30,32)/b21-12+. The quantitative estimate of drug-likeness (QED) is 0.149. The normalized spacial score (nSPS) is 10.9. The number of aryl methyl sites for hydroxylation is 1. The third-order valence-corrected chi connectivity index (χ3v) is 5.41. The molecule has 0 heterocycles. The number of carbonyl (C=O) groups excluding carboxylic acids is 1. The van der Waals surface area contributed by atoms with Gasteiger partial charge in [0.1, 0.15) is 18.2 Å². The second-order valence-corrected chi connectivity index (χ2v) is 8.06. The van der Waals surface area contributed by atoms with E-state index in [1.165, 1.54) is 18.2 Å². The predicted octanol–water partition coefficient (Wildman–Crippen LogP) is 6.33. The number of hydrogen-bond acceptors (Lipinski definition) is 6. The van der Waals surface area contributed by atoms with E-state index in [9.17, 15) is 20.2 Å². The van der Waals surface area contributed by atoms with Crippen molar-refractivity contribution in [3.05, 3.63) is 98.1 Å². The summed E-state index contributed by atoms with van der Waals surface area (Å²) in [5, 5.41) is 23.5. The van der Waals surface area contributed by atoms with Gasteiger partial charge in [0, 0.05) is 17.8 Å². The molecule has 1 amide bonds. The summed E-state index contributed by atoms with van der Waals surface area (Å²) < 4.78 is 11.5. The fraction of sp³-hybridized carbons (Fsp3) is 0.185. The molecule has 1 N–H and O–H groups in total. The van der Waals surface area contributed by atoms with E-state index in [1.54, 1.807) is 43.3 Å². The van der Waals surface area contributed by atoms with Gasteiger partial charge in [-0.15, -0.1) is 0 Å². The summed E-state index contributed by atoms with van der Waals surface area (Å²) in [4.78, 5) is 23.2. The number of ether oxygens (including phenoxy) is 2. The number of carbonyl (C=O) groups is 1. The zero-order valence-corrected chi connectivity index (χ0v) is 20.5. The average Bonchev–Trinajstić information content (AvgIpc) is 2.87. The summed E-state index contributed by atoms with van der Waals surface area (Å²) in [6, 6.07) is 18.5. The number of benzene rings is 3. The van der Waals surface area contributed by atoms with Gasteiger partial charge in [0.15, 0.2) is 11.5 Å². The van der Waals surface area contributed by atoms with Crippen LogP contribution < -0.4 is 14.8 Å². The molecule has 0 saturated heterocycles. The van der Waals surface area contributed by atoms with Gasteiger partial charge >= 0.3 is 0 Å². The van der Waals surface area contributed by atoms with Gasteiger partial charge < -0.3 is 14.8 Å². The topological polar surface area (TPSA) is 114 Å². The summed E-state index contributed by atoms with van der Waals surface area (Å²) in [7, 11) is 0. The van der Waals surface area contributed by atoms with Crippen molar-refractivity contribution in [2.75, 3.05) is 11.9 Å². The summed E-state index contributed by atoms with van der Waals surface area (Å²) in [6.07, 6.45) is 2.29. The molecule has 0 fully saturated rings. The first-order chi connectivity index (χ1) is 17.3. The van der Waals surface area contributed by atoms with Crippen molar-refractivity contribution >= 4 is 35.0 Å². The fourth-order valence-corrected chi connectivity index (χ4v) is 3.60. The highest BCUT2D eigenvalue weighted by atomic mass is 35.5. The van der Waals surface area contributed by atoms with Crippen LogP contribution in [0.15, 0.2) is 66.2 Å². The maximum absolute atomic E-state index is 12.7. The highest BCUT2D eigenvalue weighted by molar-refractivity contribution is 6.32. The zero-order valence-electron chi connectivity index (χ0n) is 19.8. The molecule has 0 aliphatic heterocycles. The number of nitriles is 1. The van der Waals surface area contributed by atoms with Crippen LogP contribution in [0.4, 0.5) is 11.4 Å². The van der Waals surface area contributed by atoms with Crippen LogP contribution in [0.2, 0.25) is 5.02 Å². The number of nitrogens with zero attached hydrogens (tertiary/aromatic N) is 2. The lowest BCUT2D eigenvalue weighted by atomic mass is 10.1. The molecule has 3 aromatic carbocycles. The van der Waals surface area contributed by atoms with Crippen LogP contribution in [0.5, 0.6) is 11.5 Å². The molecule has 0 spiro atoms. The molecule has 184 valence electrons. The largest absolute Gasteiger partial charge is 0.490 e. The Balaban J connectivity index is 1.82. The summed E-state index contributed by atoms with van der Waals surface area (Å²) in [5.41, 5.74) is 2.61. The van der Waals surface area contributed by atoms with Gasteiger partial charge in [0.2, 0.25) is 0 Å². The molecular weight excluding hydrogens is 482 g/mol. The Hall–Kier alpha value is -4.35. The van der Waals surface area contributed by atoms with Crippen LogP contribution in [0, 0.1) is 21.4 Å². The average molecular weight is 506 g/mol. The van der Waals surface area contributed by atoms with Crippen molar-refractivity contribution in [1.29, 1.82) is 5.26 Å². The molecule has 0 saturated carbocycles.